The normalized spacial score (nSPS) is 15.5. The van der Waals surface area contributed by atoms with E-state index in [9.17, 15) is 0 Å². The monoisotopic (exact) mass is 145 g/mol. The van der Waals surface area contributed by atoms with Crippen LogP contribution in [0.2, 0.25) is 0 Å². The topological polar surface area (TPSA) is 37.3 Å². The first-order valence-corrected chi connectivity index (χ1v) is 3.65. The molecule has 4 heteroatoms. The van der Waals surface area contributed by atoms with Crippen molar-refractivity contribution < 1.29 is 8.76 Å². The molecule has 0 aliphatic rings. The van der Waals surface area contributed by atoms with E-state index in [1.165, 1.54) is 0 Å². The summed E-state index contributed by atoms with van der Waals surface area (Å²) in [5.41, 5.74) is 0. The van der Waals surface area contributed by atoms with E-state index in [4.69, 9.17) is 8.76 Å². The van der Waals surface area contributed by atoms with Crippen LogP contribution in [-0.2, 0) is 9.50 Å². The third-order valence-corrected chi connectivity index (χ3v) is 0. The van der Waals surface area contributed by atoms with Crippen LogP contribution < -0.4 is 0 Å². The molecule has 0 aromatic heterocycles. The second-order valence-corrected chi connectivity index (χ2v) is 2.45. The Morgan fingerprint density at radius 3 is 2.00 bits per heavy atom. The maximum absolute atomic E-state index is 9.06. The third-order valence-electron chi connectivity index (χ3n) is 0. The van der Waals surface area contributed by atoms with Gasteiger partial charge in [0.15, 0.2) is 0 Å². The maximum atomic E-state index is 9.06. The van der Waals surface area contributed by atoms with Gasteiger partial charge < -0.3 is 0 Å². The van der Waals surface area contributed by atoms with Crippen molar-refractivity contribution in [2.45, 2.75) is 0 Å². The van der Waals surface area contributed by atoms with Gasteiger partial charge in [0.25, 0.3) is 0 Å². The van der Waals surface area contributed by atoms with E-state index in [1.807, 2.05) is 14.9 Å². The van der Waals surface area contributed by atoms with Crippen molar-refractivity contribution in [2.24, 2.45) is 0 Å². The van der Waals surface area contributed by atoms with Gasteiger partial charge in [0, 0.05) is 0 Å². The van der Waals surface area contributed by atoms with Crippen molar-refractivity contribution in [2.75, 3.05) is 0 Å². The van der Waals surface area contributed by atoms with E-state index in [0.717, 1.165) is 0 Å². The molecule has 0 heterocycles. The van der Waals surface area contributed by atoms with Gasteiger partial charge >= 0.3 is 33.2 Å². The van der Waals surface area contributed by atoms with E-state index < -0.39 is 9.50 Å². The van der Waals surface area contributed by atoms with E-state index >= 15 is 0 Å². The summed E-state index contributed by atoms with van der Waals surface area (Å²) in [5, 5.41) is 0. The molecule has 0 aromatic carbocycles. The Morgan fingerprint density at radius 1 is 2.00 bits per heavy atom. The van der Waals surface area contributed by atoms with Crippen molar-refractivity contribution in [1.82, 2.24) is 0 Å². The molecule has 1 N–H and O–H groups in total. The Hall–Kier alpha value is 0.629. The fourth-order valence-corrected chi connectivity index (χ4v) is 0. The van der Waals surface area contributed by atoms with Crippen LogP contribution in [0.5, 0.6) is 0 Å². The minimum atomic E-state index is -1.74. The Kier molecular flexibility index (Phi) is 2.20. The standard InChI is InChI=1S/HO2SSe/c1-3(2)4/h(H,1,2). The molecule has 0 aromatic rings. The summed E-state index contributed by atoms with van der Waals surface area (Å²) in [4.78, 5) is 0. The molecular weight excluding hydrogens is 143 g/mol. The molecule has 0 aliphatic heterocycles. The van der Waals surface area contributed by atoms with Gasteiger partial charge in [0.2, 0.25) is 0 Å². The van der Waals surface area contributed by atoms with Crippen LogP contribution in [0.4, 0.5) is 0 Å². The Labute approximate surface area is 33.8 Å². The van der Waals surface area contributed by atoms with Gasteiger partial charge in [0.05, 0.1) is 0 Å². The van der Waals surface area contributed by atoms with Gasteiger partial charge in [-0.25, -0.2) is 0 Å². The first-order valence-electron chi connectivity index (χ1n) is 0.516. The van der Waals surface area contributed by atoms with E-state index in [1.54, 1.807) is 0 Å². The Balaban J connectivity index is 2.80. The van der Waals surface area contributed by atoms with Crippen LogP contribution in [0.3, 0.4) is 0 Å². The summed E-state index contributed by atoms with van der Waals surface area (Å²) >= 11 is 1.93. The molecule has 1 radical (unpaired) electrons. The van der Waals surface area contributed by atoms with Crippen molar-refractivity contribution in [3.63, 3.8) is 0 Å². The van der Waals surface area contributed by atoms with Gasteiger partial charge in [-0.05, 0) is 0 Å². The van der Waals surface area contributed by atoms with Crippen molar-refractivity contribution >= 4 is 24.4 Å². The van der Waals surface area contributed by atoms with Crippen LogP contribution in [0.1, 0.15) is 0 Å². The molecule has 1 atom stereocenters. The van der Waals surface area contributed by atoms with Crippen molar-refractivity contribution in [3.05, 3.63) is 0 Å². The molecule has 0 saturated heterocycles. The van der Waals surface area contributed by atoms with E-state index in [-0.39, 0.29) is 0 Å². The SMILES string of the molecule is O=S(O)[Se]. The predicted molar refractivity (Wildman–Crippen MR) is 16.5 cm³/mol. The molecule has 0 amide bonds. The average Bonchev–Trinajstić information content (AvgIpc) is 0.811. The molecule has 1 unspecified atom stereocenters. The summed E-state index contributed by atoms with van der Waals surface area (Å²) in [6.07, 6.45) is 0. The van der Waals surface area contributed by atoms with Gasteiger partial charge in [-0.15, -0.1) is 0 Å². The fourth-order valence-electron chi connectivity index (χ4n) is 0. The molecule has 2 nitrogen and oxygen atoms in total. The number of rotatable bonds is 0. The van der Waals surface area contributed by atoms with Gasteiger partial charge in [-0.1, -0.05) is 0 Å². The zero-order chi connectivity index (χ0) is 3.58. The Bertz CT molecular complexity index is 29.0. The molecule has 4 heavy (non-hydrogen) atoms. The minimum absolute atomic E-state index is 1.74. The van der Waals surface area contributed by atoms with Crippen LogP contribution in [0.15, 0.2) is 0 Å². The van der Waals surface area contributed by atoms with Crippen LogP contribution in [0, 0.1) is 0 Å². The molecule has 0 aliphatic carbocycles. The average molecular weight is 144 g/mol. The Morgan fingerprint density at radius 2 is 2.00 bits per heavy atom. The molecule has 0 fully saturated rings. The number of hydrogen-bond donors (Lipinski definition) is 1. The number of hydrogen-bond acceptors (Lipinski definition) is 1. The predicted octanol–water partition coefficient (Wildman–Crippen LogP) is -0.708. The molecule has 0 rings (SSSR count). The van der Waals surface area contributed by atoms with Crippen LogP contribution in [0.25, 0.3) is 0 Å². The first-order chi connectivity index (χ1) is 1.73. The molecule has 0 saturated carbocycles. The summed E-state index contributed by atoms with van der Waals surface area (Å²) in [7, 11) is -1.74. The molecule has 25 valence electrons. The second kappa shape index (κ2) is 1.91. The summed E-state index contributed by atoms with van der Waals surface area (Å²) in [6, 6.07) is 0. The summed E-state index contributed by atoms with van der Waals surface area (Å²) < 4.78 is 16.5. The summed E-state index contributed by atoms with van der Waals surface area (Å²) in [6.45, 7) is 0. The van der Waals surface area contributed by atoms with Crippen LogP contribution >= 0.6 is 0 Å². The van der Waals surface area contributed by atoms with Gasteiger partial charge in [0.1, 0.15) is 0 Å². The zero-order valence-electron chi connectivity index (χ0n) is 1.67. The van der Waals surface area contributed by atoms with E-state index in [2.05, 4.69) is 0 Å². The van der Waals surface area contributed by atoms with Gasteiger partial charge in [-0.2, -0.15) is 0 Å². The molecule has 0 spiro atoms. The van der Waals surface area contributed by atoms with Crippen LogP contribution in [-0.4, -0.2) is 23.7 Å². The zero-order valence-corrected chi connectivity index (χ0v) is 4.20. The van der Waals surface area contributed by atoms with Gasteiger partial charge in [-0.3, -0.25) is 0 Å². The van der Waals surface area contributed by atoms with E-state index in [0.29, 0.717) is 0 Å². The molecule has 0 bridgehead atoms. The first kappa shape index (κ1) is 4.63. The third kappa shape index (κ3) is 17.6. The fraction of sp³-hybridized carbons (Fsp3) is 0. The quantitative estimate of drug-likeness (QED) is 0.360. The second-order valence-electron chi connectivity index (χ2n) is 0.217. The van der Waals surface area contributed by atoms with Crippen molar-refractivity contribution in [1.29, 1.82) is 0 Å². The summed E-state index contributed by atoms with van der Waals surface area (Å²) in [5.74, 6) is 0. The molecular formula is HO2SSe. The van der Waals surface area contributed by atoms with Crippen molar-refractivity contribution in [3.8, 4) is 0 Å².